The molecule has 0 bridgehead atoms. The zero-order valence-corrected chi connectivity index (χ0v) is 80.7. The molecule has 146 heavy (non-hydrogen) atoms. The molecular formula is C110H105F4N29O3. The van der Waals surface area contributed by atoms with Gasteiger partial charge in [0.25, 0.3) is 0 Å². The molecule has 736 valence electrons. The number of fused-ring (bicyclic) bond motifs is 5. The number of methoxy groups -OCH3 is 3. The Hall–Kier alpha value is -16.7. The minimum atomic E-state index is -0.857. The van der Waals surface area contributed by atoms with Gasteiger partial charge in [-0.25, -0.2) is 41.3 Å². The molecule has 5 atom stereocenters. The Balaban J connectivity index is 0.000000111. The molecule has 4 fully saturated rings. The van der Waals surface area contributed by atoms with Crippen LogP contribution in [0.4, 0.5) is 17.6 Å². The van der Waals surface area contributed by atoms with Gasteiger partial charge in [-0.15, -0.1) is 20.4 Å². The van der Waals surface area contributed by atoms with Crippen LogP contribution in [0.25, 0.3) is 117 Å². The lowest BCUT2D eigenvalue weighted by Crippen LogP contribution is -2.34. The van der Waals surface area contributed by atoms with Gasteiger partial charge in [-0.2, -0.15) is 20.4 Å². The number of hydrogen-bond donors (Lipinski definition) is 4. The fraction of sp³-hybridized carbons (Fsp3) is 0.255. The SMILES string of the molecule is COc1cccc(F)c1CN1CCC[C@@H](c2cn(-c3ccc4[nH]nc(-c5ccc6nccn6c5)c4c3)nn2)C1.COc1cccc(F)c1CN1CCC[C@@H](c2cn(-c3ccc4[nH]nc(-c5ccncc5)c4c3)nn2)C1.Cc1cccc(F)c1CN1CCC[C@@H](c2cn(-c3ccc4[nH]nc(-c5ccncc5)c4c3)nn2)C1.[2H]C(c1c(F)cccc1OC)N1CCC[C@@H](c2cn(-c3ccc4[nH]nc(-c5ccncc5)c4c3)nn2)C1. The summed E-state index contributed by atoms with van der Waals surface area (Å²) >= 11 is 0. The number of aryl methyl sites for hydroxylation is 1. The van der Waals surface area contributed by atoms with Crippen molar-refractivity contribution in [3.8, 4) is 85.0 Å². The molecule has 32 nitrogen and oxygen atoms in total. The Bertz CT molecular complexity index is 8170. The number of piperidine rings is 4. The minimum absolute atomic E-state index is 0.0955. The van der Waals surface area contributed by atoms with E-state index < -0.39 is 12.3 Å². The minimum Gasteiger partial charge on any atom is -0.496 e. The van der Waals surface area contributed by atoms with E-state index in [1.165, 1.54) is 25.3 Å². The van der Waals surface area contributed by atoms with Crippen LogP contribution in [0.15, 0.2) is 275 Å². The summed E-state index contributed by atoms with van der Waals surface area (Å²) in [5.41, 5.74) is 22.8. The number of benzene rings is 8. The van der Waals surface area contributed by atoms with E-state index in [0.717, 1.165) is 242 Å². The Morgan fingerprint density at radius 3 is 1.03 bits per heavy atom. The second-order valence-electron chi connectivity index (χ2n) is 37.3. The van der Waals surface area contributed by atoms with E-state index >= 15 is 0 Å². The standard InChI is InChI=1S/C29H27FN8O.2C27H26FN7O.C27H26FN7/c1-39-27-6-2-5-24(30)23(27)17-36-12-3-4-19(15-36)26-18-38(35-33-26)21-8-9-25-22(14-21)29(34-32-25)20-7-10-28-31-11-13-37(28)16-20;2*1-36-26-6-2-5-23(28)22(26)16-34-13-3-4-19(15-34)25-17-35(33-31-25)20-7-8-24-21(14-20)27(32-30-24)18-9-11-29-12-10-18;1-18-4-2-6-24(28)23(18)16-34-13-3-5-20(15-34)26-17-35(33-31-26)21-7-8-25-22(14-21)27(32-30-25)19-9-11-29-12-10-19/h2,5-11,13-14,16,18-19H,3-4,12,15,17H2,1H3,(H,32,34);2*2,5-12,14,17,19H,3-4,13,15-16H2,1H3,(H,30,32);2,4,6-12,14,17,20H,3,5,13,15-16H2,1H3,(H,30,32)/t3*19-;20-/m1111/s1/i;16D;;/t;16?,19-;;. The van der Waals surface area contributed by atoms with Crippen molar-refractivity contribution >= 4 is 49.3 Å². The summed E-state index contributed by atoms with van der Waals surface area (Å²) in [6.07, 6.45) is 32.3. The van der Waals surface area contributed by atoms with Gasteiger partial charge in [-0.05, 0) is 254 Å². The third-order valence-electron chi connectivity index (χ3n) is 28.1. The molecule has 4 N–H and O–H groups in total. The predicted octanol–water partition coefficient (Wildman–Crippen LogP) is 19.5. The Morgan fingerprint density at radius 1 is 0.342 bits per heavy atom. The number of aromatic nitrogens is 25. The van der Waals surface area contributed by atoms with Gasteiger partial charge in [0.05, 0.1) is 114 Å². The molecule has 4 aliphatic heterocycles. The van der Waals surface area contributed by atoms with Gasteiger partial charge in [0.1, 0.15) is 68.9 Å². The topological polar surface area (TPSA) is 334 Å². The Morgan fingerprint density at radius 2 is 0.664 bits per heavy atom. The first-order chi connectivity index (χ1) is 72.1. The number of rotatable bonds is 23. The normalized spacial score (nSPS) is 16.8. The number of imidazole rings is 1. The molecule has 0 aliphatic carbocycles. The van der Waals surface area contributed by atoms with Crippen molar-refractivity contribution in [3.05, 3.63) is 349 Å². The van der Waals surface area contributed by atoms with E-state index in [-0.39, 0.29) is 46.7 Å². The number of ether oxygens (including phenoxy) is 3. The van der Waals surface area contributed by atoms with Gasteiger partial charge in [-0.1, -0.05) is 51.2 Å². The molecule has 0 amide bonds. The molecule has 0 spiro atoms. The predicted molar refractivity (Wildman–Crippen MR) is 547 cm³/mol. The first-order valence-corrected chi connectivity index (χ1v) is 48.9. The maximum absolute atomic E-state index is 14.6. The monoisotopic (exact) mass is 1960 g/mol. The van der Waals surface area contributed by atoms with Crippen LogP contribution in [0.2, 0.25) is 0 Å². The molecule has 13 aromatic heterocycles. The molecule has 0 saturated carbocycles. The van der Waals surface area contributed by atoms with Gasteiger partial charge in [0.15, 0.2) is 0 Å². The Labute approximate surface area is 837 Å². The highest BCUT2D eigenvalue weighted by molar-refractivity contribution is 5.97. The van der Waals surface area contributed by atoms with Crippen LogP contribution in [-0.4, -0.2) is 218 Å². The first-order valence-electron chi connectivity index (χ1n) is 49.5. The van der Waals surface area contributed by atoms with Crippen LogP contribution >= 0.6 is 0 Å². The van der Waals surface area contributed by atoms with Crippen molar-refractivity contribution in [2.75, 3.05) is 73.7 Å². The van der Waals surface area contributed by atoms with Crippen molar-refractivity contribution in [2.24, 2.45) is 0 Å². The average Bonchev–Trinajstić information content (AvgIpc) is 1.63. The highest BCUT2D eigenvalue weighted by Crippen LogP contribution is 2.40. The maximum atomic E-state index is 14.6. The van der Waals surface area contributed by atoms with Gasteiger partial charge in [-0.3, -0.25) is 54.9 Å². The third kappa shape index (κ3) is 20.3. The summed E-state index contributed by atoms with van der Waals surface area (Å²) < 4.78 is 92.2. The fourth-order valence-corrected chi connectivity index (χ4v) is 20.4. The molecule has 4 saturated heterocycles. The summed E-state index contributed by atoms with van der Waals surface area (Å²) in [5.74, 6) is 1.37. The number of nitrogens with one attached hydrogen (secondary N) is 4. The number of hydrogen-bond acceptors (Lipinski definition) is 23. The van der Waals surface area contributed by atoms with Crippen molar-refractivity contribution < 1.29 is 33.1 Å². The highest BCUT2D eigenvalue weighted by Gasteiger charge is 2.32. The van der Waals surface area contributed by atoms with E-state index in [2.05, 4.69) is 135 Å². The lowest BCUT2D eigenvalue weighted by molar-refractivity contribution is 0.194. The van der Waals surface area contributed by atoms with Crippen LogP contribution < -0.4 is 14.2 Å². The average molecular weight is 1960 g/mol. The smallest absolute Gasteiger partial charge is 0.136 e. The zero-order chi connectivity index (χ0) is 100.0. The summed E-state index contributed by atoms with van der Waals surface area (Å²) in [4.78, 5) is 25.5. The van der Waals surface area contributed by atoms with Crippen LogP contribution in [-0.2, 0) is 26.2 Å². The molecule has 0 radical (unpaired) electrons. The lowest BCUT2D eigenvalue weighted by Gasteiger charge is -2.32. The van der Waals surface area contributed by atoms with E-state index in [0.29, 0.717) is 61.1 Å². The summed E-state index contributed by atoms with van der Waals surface area (Å²) in [6.45, 7) is 9.28. The quantitative estimate of drug-likeness (QED) is 0.0432. The van der Waals surface area contributed by atoms with Crippen molar-refractivity contribution in [2.45, 2.75) is 108 Å². The number of H-pyrrole nitrogens is 4. The third-order valence-corrected chi connectivity index (χ3v) is 28.1. The van der Waals surface area contributed by atoms with E-state index in [9.17, 15) is 17.6 Å². The van der Waals surface area contributed by atoms with Crippen LogP contribution in [0.3, 0.4) is 0 Å². The van der Waals surface area contributed by atoms with Gasteiger partial charge >= 0.3 is 0 Å². The summed E-state index contributed by atoms with van der Waals surface area (Å²) in [7, 11) is 4.66. The van der Waals surface area contributed by atoms with Gasteiger partial charge < -0.3 is 18.6 Å². The molecule has 1 unspecified atom stereocenters. The lowest BCUT2D eigenvalue weighted by atomic mass is 9.94. The first kappa shape index (κ1) is 93.0. The second kappa shape index (κ2) is 42.5. The molecule has 36 heteroatoms. The largest absolute Gasteiger partial charge is 0.496 e. The second-order valence-corrected chi connectivity index (χ2v) is 37.3. The Kier molecular flexibility index (Phi) is 27.0. The zero-order valence-electron chi connectivity index (χ0n) is 81.7. The van der Waals surface area contributed by atoms with Crippen molar-refractivity contribution in [1.82, 2.24) is 145 Å². The molecule has 4 aliphatic rings. The maximum Gasteiger partial charge on any atom is 0.136 e. The van der Waals surface area contributed by atoms with Gasteiger partial charge in [0, 0.05) is 199 Å². The number of aromatic amines is 4. The number of likely N-dealkylation sites (tertiary alicyclic amines) is 4. The van der Waals surface area contributed by atoms with Gasteiger partial charge in [0.2, 0.25) is 0 Å². The number of pyridine rings is 4. The fourth-order valence-electron chi connectivity index (χ4n) is 20.4. The van der Waals surface area contributed by atoms with Crippen molar-refractivity contribution in [1.29, 1.82) is 0 Å². The van der Waals surface area contributed by atoms with Crippen LogP contribution in [0.5, 0.6) is 17.2 Å². The summed E-state index contributed by atoms with van der Waals surface area (Å²) in [6, 6.07) is 59.9. The number of halogens is 4. The van der Waals surface area contributed by atoms with E-state index in [1.807, 2.05) is 189 Å². The van der Waals surface area contributed by atoms with Crippen LogP contribution in [0, 0.1) is 30.2 Å². The van der Waals surface area contributed by atoms with Crippen molar-refractivity contribution in [3.63, 3.8) is 0 Å². The molecular weight excluding hydrogens is 1850 g/mol. The van der Waals surface area contributed by atoms with Crippen LogP contribution in [0.1, 0.15) is 127 Å². The molecule has 17 heterocycles. The summed E-state index contributed by atoms with van der Waals surface area (Å²) in [5, 5.41) is 70.3. The number of nitrogens with zero attached hydrogens (tertiary/aromatic N) is 25. The van der Waals surface area contributed by atoms with E-state index in [1.54, 1.807) is 98.7 Å². The molecule has 25 rings (SSSR count). The van der Waals surface area contributed by atoms with E-state index in [4.69, 9.17) is 15.6 Å². The molecule has 21 aromatic rings. The molecule has 8 aromatic carbocycles. The highest BCUT2D eigenvalue weighted by atomic mass is 19.1.